The molecule has 0 spiro atoms. The van der Waals surface area contributed by atoms with Gasteiger partial charge in [-0.05, 0) is 48.9 Å². The van der Waals surface area contributed by atoms with E-state index in [-0.39, 0.29) is 23.8 Å². The molecule has 2 saturated heterocycles. The molecular formula is C34H34F2N6O5. The van der Waals surface area contributed by atoms with Crippen LogP contribution in [0, 0.1) is 11.6 Å². The number of nitrogens with zero attached hydrogens (tertiary/aromatic N) is 4. The molecule has 3 heterocycles. The number of hydrogen-bond acceptors (Lipinski definition) is 10. The van der Waals surface area contributed by atoms with Crippen molar-refractivity contribution in [3.05, 3.63) is 96.8 Å². The molecule has 4 aromatic rings. The number of methoxy groups -OCH3 is 1. The smallest absolute Gasteiger partial charge is 0.247 e. The predicted molar refractivity (Wildman–Crippen MR) is 173 cm³/mol. The van der Waals surface area contributed by atoms with E-state index in [1.54, 1.807) is 42.5 Å². The normalized spacial score (nSPS) is 17.7. The Balaban J connectivity index is 1.25. The van der Waals surface area contributed by atoms with Gasteiger partial charge in [-0.25, -0.2) is 23.8 Å². The third-order valence-electron chi connectivity index (χ3n) is 7.75. The quantitative estimate of drug-likeness (QED) is 0.185. The Bertz CT molecular complexity index is 1780. The first-order valence-corrected chi connectivity index (χ1v) is 15.1. The molecule has 0 unspecified atom stereocenters. The predicted octanol–water partition coefficient (Wildman–Crippen LogP) is 6.53. The number of anilines is 5. The second kappa shape index (κ2) is 14.0. The molecule has 1 amide bonds. The Morgan fingerprint density at radius 1 is 1.06 bits per heavy atom. The number of benzene rings is 3. The van der Waals surface area contributed by atoms with E-state index in [0.717, 1.165) is 29.4 Å². The molecule has 6 rings (SSSR count). The van der Waals surface area contributed by atoms with Gasteiger partial charge in [-0.3, -0.25) is 9.63 Å². The molecule has 2 aliphatic heterocycles. The van der Waals surface area contributed by atoms with Crippen molar-refractivity contribution in [3.63, 3.8) is 0 Å². The Morgan fingerprint density at radius 2 is 1.94 bits per heavy atom. The molecule has 47 heavy (non-hydrogen) atoms. The van der Waals surface area contributed by atoms with Crippen molar-refractivity contribution < 1.29 is 32.6 Å². The minimum Gasteiger partial charge on any atom is -0.494 e. The van der Waals surface area contributed by atoms with Gasteiger partial charge in [0.25, 0.3) is 0 Å². The van der Waals surface area contributed by atoms with Crippen LogP contribution in [0.3, 0.4) is 0 Å². The molecule has 2 atom stereocenters. The SMILES string of the molecule is C=CC(=O)Nc1cc(Nc2cc(N3OCC[C@@H]3c3cccc(Oc4cc(F)ccc4F)c3)ncn2)c(OC)cc1N1CCO[C@H](C)C1. The summed E-state index contributed by atoms with van der Waals surface area (Å²) in [5, 5.41) is 7.89. The number of hydroxylamine groups is 1. The molecule has 3 aromatic carbocycles. The maximum Gasteiger partial charge on any atom is 0.247 e. The van der Waals surface area contributed by atoms with Crippen LogP contribution in [0.5, 0.6) is 17.2 Å². The maximum absolute atomic E-state index is 14.2. The first-order valence-electron chi connectivity index (χ1n) is 15.1. The van der Waals surface area contributed by atoms with Gasteiger partial charge in [0.05, 0.1) is 49.5 Å². The van der Waals surface area contributed by atoms with E-state index in [4.69, 9.17) is 19.0 Å². The average Bonchev–Trinajstić information content (AvgIpc) is 3.57. The Hall–Kier alpha value is -5.27. The van der Waals surface area contributed by atoms with Crippen molar-refractivity contribution in [2.45, 2.75) is 25.5 Å². The minimum atomic E-state index is -0.666. The van der Waals surface area contributed by atoms with Crippen LogP contribution in [-0.4, -0.2) is 55.4 Å². The number of rotatable bonds is 10. The molecule has 0 radical (unpaired) electrons. The van der Waals surface area contributed by atoms with E-state index in [1.807, 2.05) is 19.1 Å². The zero-order valence-corrected chi connectivity index (χ0v) is 25.9. The van der Waals surface area contributed by atoms with E-state index >= 15 is 0 Å². The molecule has 2 N–H and O–H groups in total. The number of carbonyl (C=O) groups excluding carboxylic acids is 1. The van der Waals surface area contributed by atoms with Crippen LogP contribution in [-0.2, 0) is 14.4 Å². The standard InChI is InChI=1S/C34H34F2N6O5/c1-4-34(43)40-26-16-27(31(44-3)17-29(26)41-11-13-45-21(2)19-41)39-32-18-33(38-20-37-32)42-28(10-12-46-42)22-6-5-7-24(14-22)47-30-15-23(35)8-9-25(30)36/h4-9,14-18,20-21,28H,1,10-13,19H2,2-3H3,(H,40,43)(H,37,38,39)/t21-,28-/m1/s1. The molecule has 0 bridgehead atoms. The van der Waals surface area contributed by atoms with E-state index in [1.165, 1.54) is 12.4 Å². The fourth-order valence-electron chi connectivity index (χ4n) is 5.56. The zero-order chi connectivity index (χ0) is 32.9. The lowest BCUT2D eigenvalue weighted by atomic mass is 10.0. The Labute approximate surface area is 270 Å². The van der Waals surface area contributed by atoms with Gasteiger partial charge in [-0.1, -0.05) is 18.7 Å². The molecule has 11 nitrogen and oxygen atoms in total. The summed E-state index contributed by atoms with van der Waals surface area (Å²) in [7, 11) is 1.57. The van der Waals surface area contributed by atoms with Gasteiger partial charge in [0.15, 0.2) is 17.4 Å². The summed E-state index contributed by atoms with van der Waals surface area (Å²) in [5.74, 6) is 0.0210. The molecule has 0 aliphatic carbocycles. The molecule has 2 fully saturated rings. The Morgan fingerprint density at radius 3 is 2.74 bits per heavy atom. The number of amides is 1. The summed E-state index contributed by atoms with van der Waals surface area (Å²) in [5.41, 5.74) is 2.77. The van der Waals surface area contributed by atoms with Gasteiger partial charge in [0, 0.05) is 37.7 Å². The molecule has 13 heteroatoms. The van der Waals surface area contributed by atoms with E-state index < -0.39 is 11.6 Å². The molecule has 2 aliphatic rings. The van der Waals surface area contributed by atoms with E-state index in [9.17, 15) is 13.6 Å². The van der Waals surface area contributed by atoms with Gasteiger partial charge in [0.1, 0.15) is 29.5 Å². The van der Waals surface area contributed by atoms with E-state index in [2.05, 4.69) is 32.1 Å². The van der Waals surface area contributed by atoms with Crippen LogP contribution in [0.15, 0.2) is 79.6 Å². The number of carbonyl (C=O) groups is 1. The summed E-state index contributed by atoms with van der Waals surface area (Å²) in [6.45, 7) is 7.88. The summed E-state index contributed by atoms with van der Waals surface area (Å²) < 4.78 is 45.0. The largest absolute Gasteiger partial charge is 0.494 e. The van der Waals surface area contributed by atoms with Crippen molar-refractivity contribution in [2.75, 3.05) is 54.0 Å². The lowest BCUT2D eigenvalue weighted by molar-refractivity contribution is -0.111. The van der Waals surface area contributed by atoms with Crippen LogP contribution in [0.1, 0.15) is 24.9 Å². The number of aromatic nitrogens is 2. The monoisotopic (exact) mass is 644 g/mol. The zero-order valence-electron chi connectivity index (χ0n) is 25.9. The summed E-state index contributed by atoms with van der Waals surface area (Å²) >= 11 is 0. The van der Waals surface area contributed by atoms with Crippen LogP contribution in [0.25, 0.3) is 0 Å². The van der Waals surface area contributed by atoms with Gasteiger partial charge >= 0.3 is 0 Å². The van der Waals surface area contributed by atoms with Crippen LogP contribution in [0.2, 0.25) is 0 Å². The van der Waals surface area contributed by atoms with Crippen LogP contribution in [0.4, 0.5) is 37.5 Å². The fraction of sp³-hybridized carbons (Fsp3) is 0.265. The highest BCUT2D eigenvalue weighted by molar-refractivity contribution is 6.02. The van der Waals surface area contributed by atoms with Gasteiger partial charge in [-0.15, -0.1) is 0 Å². The summed E-state index contributed by atoms with van der Waals surface area (Å²) in [4.78, 5) is 29.4. The Kier molecular flexibility index (Phi) is 9.45. The van der Waals surface area contributed by atoms with Gasteiger partial charge in [0.2, 0.25) is 5.91 Å². The lowest BCUT2D eigenvalue weighted by Gasteiger charge is -2.34. The summed E-state index contributed by atoms with van der Waals surface area (Å²) in [6.07, 6.45) is 3.30. The molecule has 0 saturated carbocycles. The van der Waals surface area contributed by atoms with Crippen LogP contribution < -0.4 is 30.1 Å². The number of nitrogens with one attached hydrogen (secondary N) is 2. The second-order valence-corrected chi connectivity index (χ2v) is 11.0. The first-order chi connectivity index (χ1) is 22.8. The summed E-state index contributed by atoms with van der Waals surface area (Å²) in [6, 6.07) is 15.3. The van der Waals surface area contributed by atoms with Crippen molar-refractivity contribution in [1.82, 2.24) is 9.97 Å². The maximum atomic E-state index is 14.2. The van der Waals surface area contributed by atoms with Crippen LogP contribution >= 0.6 is 0 Å². The highest BCUT2D eigenvalue weighted by atomic mass is 19.1. The third-order valence-corrected chi connectivity index (χ3v) is 7.75. The van der Waals surface area contributed by atoms with Crippen molar-refractivity contribution in [3.8, 4) is 17.2 Å². The number of ether oxygens (including phenoxy) is 3. The average molecular weight is 645 g/mol. The topological polar surface area (TPSA) is 110 Å². The lowest BCUT2D eigenvalue weighted by Crippen LogP contribution is -2.41. The molecule has 1 aromatic heterocycles. The van der Waals surface area contributed by atoms with Gasteiger partial charge < -0.3 is 29.7 Å². The molecular weight excluding hydrogens is 610 g/mol. The highest BCUT2D eigenvalue weighted by Crippen LogP contribution is 2.40. The number of hydrogen-bond donors (Lipinski definition) is 2. The number of morpholine rings is 1. The van der Waals surface area contributed by atoms with E-state index in [0.29, 0.717) is 67.2 Å². The third kappa shape index (κ3) is 7.26. The first kappa shape index (κ1) is 31.7. The highest BCUT2D eigenvalue weighted by Gasteiger charge is 2.30. The van der Waals surface area contributed by atoms with Crippen molar-refractivity contribution in [2.24, 2.45) is 0 Å². The van der Waals surface area contributed by atoms with Gasteiger partial charge in [-0.2, -0.15) is 0 Å². The minimum absolute atomic E-state index is 0.0259. The van der Waals surface area contributed by atoms with Crippen molar-refractivity contribution in [1.29, 1.82) is 0 Å². The van der Waals surface area contributed by atoms with Crippen molar-refractivity contribution >= 4 is 34.6 Å². The molecule has 244 valence electrons. The second-order valence-electron chi connectivity index (χ2n) is 11.0. The fourth-order valence-corrected chi connectivity index (χ4v) is 5.56. The number of halogens is 2.